The Morgan fingerprint density at radius 1 is 1.22 bits per heavy atom. The maximum absolute atomic E-state index is 5.76. The van der Waals surface area contributed by atoms with Crippen molar-refractivity contribution in [3.8, 4) is 0 Å². The molecule has 2 rings (SSSR count). The Morgan fingerprint density at radius 2 is 2.06 bits per heavy atom. The Bertz CT molecular complexity index is 495. The van der Waals surface area contributed by atoms with Gasteiger partial charge in [0, 0.05) is 6.20 Å². The highest BCUT2D eigenvalue weighted by Crippen LogP contribution is 1.99. The molecule has 0 saturated heterocycles. The smallest absolute Gasteiger partial charge is 0.189 e. The van der Waals surface area contributed by atoms with Crippen LogP contribution in [0.5, 0.6) is 0 Å². The van der Waals surface area contributed by atoms with E-state index in [0.717, 1.165) is 11.3 Å². The molecule has 0 fully saturated rings. The van der Waals surface area contributed by atoms with E-state index in [2.05, 4.69) is 20.3 Å². The van der Waals surface area contributed by atoms with Gasteiger partial charge in [-0.2, -0.15) is 0 Å². The minimum atomic E-state index is 0.414. The summed E-state index contributed by atoms with van der Waals surface area (Å²) in [6, 6.07) is 11.8. The fourth-order valence-corrected chi connectivity index (χ4v) is 1.42. The summed E-state index contributed by atoms with van der Waals surface area (Å²) in [5, 5.41) is 3.01. The number of nitrogens with two attached hydrogens (primary N) is 1. The van der Waals surface area contributed by atoms with Crippen molar-refractivity contribution in [2.24, 2.45) is 10.7 Å². The van der Waals surface area contributed by atoms with E-state index in [1.807, 2.05) is 36.4 Å². The number of hydrogen-bond donors (Lipinski definition) is 2. The molecule has 0 aliphatic rings. The zero-order valence-electron chi connectivity index (χ0n) is 9.95. The van der Waals surface area contributed by atoms with Gasteiger partial charge in [-0.15, -0.1) is 0 Å². The number of guanidine groups is 1. The van der Waals surface area contributed by atoms with Crippen LogP contribution < -0.4 is 11.1 Å². The van der Waals surface area contributed by atoms with E-state index < -0.39 is 0 Å². The topological polar surface area (TPSA) is 76.2 Å². The number of nitrogens with one attached hydrogen (secondary N) is 1. The number of rotatable bonds is 4. The van der Waals surface area contributed by atoms with E-state index in [1.165, 1.54) is 6.33 Å². The number of benzene rings is 1. The average Bonchev–Trinajstić information content (AvgIpc) is 2.45. The molecule has 0 radical (unpaired) electrons. The first kappa shape index (κ1) is 12.0. The highest BCUT2D eigenvalue weighted by atomic mass is 15.1. The largest absolute Gasteiger partial charge is 0.370 e. The molecule has 0 amide bonds. The molecule has 0 spiro atoms. The molecule has 1 aromatic heterocycles. The summed E-state index contributed by atoms with van der Waals surface area (Å²) in [4.78, 5) is 12.2. The van der Waals surface area contributed by atoms with Crippen LogP contribution in [0.15, 0.2) is 53.9 Å². The lowest BCUT2D eigenvalue weighted by Crippen LogP contribution is -2.31. The standard InChI is InChI=1S/C13H15N5/c14-13(16-8-11-4-2-1-3-5-11)17-9-12-6-7-15-10-18-12/h1-7,10H,8-9H2,(H3,14,16,17). The van der Waals surface area contributed by atoms with Crippen molar-refractivity contribution < 1.29 is 0 Å². The molecule has 0 unspecified atom stereocenters. The van der Waals surface area contributed by atoms with Crippen LogP contribution >= 0.6 is 0 Å². The summed E-state index contributed by atoms with van der Waals surface area (Å²) in [5.41, 5.74) is 7.77. The van der Waals surface area contributed by atoms with Crippen LogP contribution in [-0.4, -0.2) is 15.9 Å². The van der Waals surface area contributed by atoms with Gasteiger partial charge in [0.05, 0.1) is 18.8 Å². The van der Waals surface area contributed by atoms with Crippen molar-refractivity contribution in [1.82, 2.24) is 15.3 Å². The third kappa shape index (κ3) is 3.86. The Balaban J connectivity index is 1.83. The van der Waals surface area contributed by atoms with Gasteiger partial charge in [0.25, 0.3) is 0 Å². The van der Waals surface area contributed by atoms with Gasteiger partial charge < -0.3 is 11.1 Å². The summed E-state index contributed by atoms with van der Waals surface area (Å²) in [5.74, 6) is 0.414. The molecule has 18 heavy (non-hydrogen) atoms. The first-order valence-electron chi connectivity index (χ1n) is 5.67. The minimum Gasteiger partial charge on any atom is -0.370 e. The second-order valence-corrected chi connectivity index (χ2v) is 3.74. The lowest BCUT2D eigenvalue weighted by molar-refractivity contribution is 0.845. The molecule has 0 atom stereocenters. The van der Waals surface area contributed by atoms with Crippen LogP contribution in [-0.2, 0) is 13.1 Å². The second kappa shape index (κ2) is 6.34. The SMILES string of the molecule is NC(=NCc1ccccc1)NCc1ccncn1. The molecule has 0 saturated carbocycles. The number of hydrogen-bond acceptors (Lipinski definition) is 3. The molecule has 2 aromatic rings. The van der Waals surface area contributed by atoms with Crippen molar-refractivity contribution in [2.45, 2.75) is 13.1 Å². The average molecular weight is 241 g/mol. The molecule has 1 aromatic carbocycles. The van der Waals surface area contributed by atoms with Gasteiger partial charge >= 0.3 is 0 Å². The van der Waals surface area contributed by atoms with Crippen LogP contribution in [0.3, 0.4) is 0 Å². The summed E-state index contributed by atoms with van der Waals surface area (Å²) in [6.45, 7) is 1.12. The molecular weight excluding hydrogens is 226 g/mol. The first-order valence-corrected chi connectivity index (χ1v) is 5.67. The van der Waals surface area contributed by atoms with Crippen LogP contribution in [0.25, 0.3) is 0 Å². The predicted octanol–water partition coefficient (Wildman–Crippen LogP) is 1.08. The fraction of sp³-hybridized carbons (Fsp3) is 0.154. The zero-order chi connectivity index (χ0) is 12.6. The number of nitrogens with zero attached hydrogens (tertiary/aromatic N) is 3. The lowest BCUT2D eigenvalue weighted by Gasteiger charge is -2.04. The van der Waals surface area contributed by atoms with E-state index in [1.54, 1.807) is 6.20 Å². The van der Waals surface area contributed by atoms with E-state index in [0.29, 0.717) is 19.0 Å². The maximum atomic E-state index is 5.76. The van der Waals surface area contributed by atoms with Crippen molar-refractivity contribution in [2.75, 3.05) is 0 Å². The molecule has 5 heteroatoms. The van der Waals surface area contributed by atoms with Crippen molar-refractivity contribution in [3.63, 3.8) is 0 Å². The molecular formula is C13H15N5. The molecule has 92 valence electrons. The number of aliphatic imine (C=N–C) groups is 1. The third-order valence-electron chi connectivity index (χ3n) is 2.37. The van der Waals surface area contributed by atoms with Gasteiger partial charge in [0.1, 0.15) is 6.33 Å². The van der Waals surface area contributed by atoms with Crippen molar-refractivity contribution in [1.29, 1.82) is 0 Å². The van der Waals surface area contributed by atoms with E-state index >= 15 is 0 Å². The fourth-order valence-electron chi connectivity index (χ4n) is 1.42. The number of aromatic nitrogens is 2. The summed E-state index contributed by atoms with van der Waals surface area (Å²) in [7, 11) is 0. The van der Waals surface area contributed by atoms with E-state index in [9.17, 15) is 0 Å². The van der Waals surface area contributed by atoms with Gasteiger partial charge in [-0.1, -0.05) is 30.3 Å². The van der Waals surface area contributed by atoms with Crippen LogP contribution in [0.2, 0.25) is 0 Å². The van der Waals surface area contributed by atoms with E-state index in [4.69, 9.17) is 5.73 Å². The first-order chi connectivity index (χ1) is 8.84. The minimum absolute atomic E-state index is 0.414. The van der Waals surface area contributed by atoms with Crippen molar-refractivity contribution in [3.05, 3.63) is 60.2 Å². The predicted molar refractivity (Wildman–Crippen MR) is 70.6 cm³/mol. The monoisotopic (exact) mass is 241 g/mol. The van der Waals surface area contributed by atoms with Crippen LogP contribution in [0, 0.1) is 0 Å². The normalized spacial score (nSPS) is 11.2. The third-order valence-corrected chi connectivity index (χ3v) is 2.37. The summed E-state index contributed by atoms with van der Waals surface area (Å²) < 4.78 is 0. The van der Waals surface area contributed by atoms with Crippen LogP contribution in [0.4, 0.5) is 0 Å². The summed E-state index contributed by atoms with van der Waals surface area (Å²) in [6.07, 6.45) is 3.20. The van der Waals surface area contributed by atoms with Gasteiger partial charge in [-0.3, -0.25) is 0 Å². The highest BCUT2D eigenvalue weighted by molar-refractivity contribution is 5.77. The van der Waals surface area contributed by atoms with Crippen LogP contribution in [0.1, 0.15) is 11.3 Å². The Kier molecular flexibility index (Phi) is 4.24. The lowest BCUT2D eigenvalue weighted by atomic mass is 10.2. The van der Waals surface area contributed by atoms with Gasteiger partial charge in [-0.05, 0) is 11.6 Å². The second-order valence-electron chi connectivity index (χ2n) is 3.74. The van der Waals surface area contributed by atoms with Crippen molar-refractivity contribution >= 4 is 5.96 Å². The van der Waals surface area contributed by atoms with E-state index in [-0.39, 0.29) is 0 Å². The molecule has 0 aliphatic heterocycles. The Labute approximate surface area is 106 Å². The highest BCUT2D eigenvalue weighted by Gasteiger charge is 1.95. The molecule has 3 N–H and O–H groups in total. The molecule has 0 bridgehead atoms. The van der Waals surface area contributed by atoms with Gasteiger partial charge in [0.15, 0.2) is 5.96 Å². The molecule has 0 aliphatic carbocycles. The Hall–Kier alpha value is -2.43. The zero-order valence-corrected chi connectivity index (χ0v) is 9.95. The van der Waals surface area contributed by atoms with Gasteiger partial charge in [0.2, 0.25) is 0 Å². The summed E-state index contributed by atoms with van der Waals surface area (Å²) >= 11 is 0. The molecule has 1 heterocycles. The maximum Gasteiger partial charge on any atom is 0.189 e. The quantitative estimate of drug-likeness (QED) is 0.620. The molecule has 5 nitrogen and oxygen atoms in total. The van der Waals surface area contributed by atoms with Gasteiger partial charge in [-0.25, -0.2) is 15.0 Å². The Morgan fingerprint density at radius 3 is 2.78 bits per heavy atom.